The van der Waals surface area contributed by atoms with Crippen molar-refractivity contribution in [1.29, 1.82) is 0 Å². The van der Waals surface area contributed by atoms with Crippen molar-refractivity contribution in [2.75, 3.05) is 0 Å². The first-order valence-electron chi connectivity index (χ1n) is 5.64. The first kappa shape index (κ1) is 15.2. The molecule has 0 bridgehead atoms. The first-order chi connectivity index (χ1) is 9.29. The largest absolute Gasteiger partial charge is 0.487 e. The summed E-state index contributed by atoms with van der Waals surface area (Å²) in [5.41, 5.74) is 1.48. The van der Waals surface area contributed by atoms with E-state index in [1.54, 1.807) is 11.7 Å². The van der Waals surface area contributed by atoms with Gasteiger partial charge in [0.25, 0.3) is 9.05 Å². The molecule has 0 unspecified atom stereocenters. The third-order valence-corrected chi connectivity index (χ3v) is 4.60. The smallest absolute Gasteiger partial charge is 0.261 e. The van der Waals surface area contributed by atoms with Crippen LogP contribution in [0.4, 0.5) is 0 Å². The molecule has 0 spiro atoms. The third-order valence-electron chi connectivity index (χ3n) is 2.74. The van der Waals surface area contributed by atoms with E-state index in [4.69, 9.17) is 27.0 Å². The number of nitrogens with zero attached hydrogens (tertiary/aromatic N) is 2. The molecule has 0 aliphatic heterocycles. The van der Waals surface area contributed by atoms with Gasteiger partial charge in [0.05, 0.1) is 21.3 Å². The fourth-order valence-corrected chi connectivity index (χ4v) is 2.67. The Kier molecular flexibility index (Phi) is 4.27. The number of aromatic nitrogens is 2. The number of hydrogen-bond donors (Lipinski definition) is 0. The lowest BCUT2D eigenvalue weighted by molar-refractivity contribution is 0.295. The van der Waals surface area contributed by atoms with Crippen molar-refractivity contribution in [1.82, 2.24) is 9.78 Å². The van der Waals surface area contributed by atoms with Crippen molar-refractivity contribution < 1.29 is 13.2 Å². The topological polar surface area (TPSA) is 61.2 Å². The van der Waals surface area contributed by atoms with Gasteiger partial charge in [0.1, 0.15) is 12.4 Å². The van der Waals surface area contributed by atoms with Gasteiger partial charge in [-0.2, -0.15) is 5.10 Å². The summed E-state index contributed by atoms with van der Waals surface area (Å²) in [5, 5.41) is 4.74. The molecule has 0 saturated carbocycles. The molecule has 0 atom stereocenters. The Balaban J connectivity index is 2.12. The molecule has 0 saturated heterocycles. The van der Waals surface area contributed by atoms with E-state index < -0.39 is 9.05 Å². The van der Waals surface area contributed by atoms with E-state index in [-0.39, 0.29) is 11.5 Å². The Morgan fingerprint density at radius 3 is 2.35 bits per heavy atom. The number of benzene rings is 1. The number of aryl methyl sites for hydroxylation is 2. The van der Waals surface area contributed by atoms with Crippen molar-refractivity contribution >= 4 is 31.3 Å². The molecule has 0 fully saturated rings. The number of hydrogen-bond acceptors (Lipinski definition) is 4. The monoisotopic (exact) mass is 334 g/mol. The zero-order valence-electron chi connectivity index (χ0n) is 10.8. The second kappa shape index (κ2) is 5.63. The molecule has 0 N–H and O–H groups in total. The van der Waals surface area contributed by atoms with E-state index >= 15 is 0 Å². The van der Waals surface area contributed by atoms with Crippen molar-refractivity contribution in [3.8, 4) is 5.75 Å². The van der Waals surface area contributed by atoms with Gasteiger partial charge < -0.3 is 4.74 Å². The van der Waals surface area contributed by atoms with Crippen molar-refractivity contribution in [2.24, 2.45) is 7.05 Å². The molecule has 0 aliphatic carbocycles. The van der Waals surface area contributed by atoms with Gasteiger partial charge in [-0.25, -0.2) is 8.42 Å². The minimum atomic E-state index is -3.72. The second-order valence-corrected chi connectivity index (χ2v) is 7.11. The van der Waals surface area contributed by atoms with Crippen LogP contribution in [0.25, 0.3) is 0 Å². The molecule has 108 valence electrons. The highest BCUT2D eigenvalue weighted by Gasteiger charge is 2.12. The second-order valence-electron chi connectivity index (χ2n) is 4.17. The molecule has 5 nitrogen and oxygen atoms in total. The van der Waals surface area contributed by atoms with Crippen molar-refractivity contribution in [2.45, 2.75) is 18.4 Å². The van der Waals surface area contributed by atoms with Crippen LogP contribution in [-0.4, -0.2) is 18.2 Å². The van der Waals surface area contributed by atoms with E-state index in [1.807, 2.05) is 6.92 Å². The lowest BCUT2D eigenvalue weighted by Crippen LogP contribution is -2.03. The summed E-state index contributed by atoms with van der Waals surface area (Å²) in [6.45, 7) is 2.05. The maximum absolute atomic E-state index is 11.1. The Morgan fingerprint density at radius 1 is 1.30 bits per heavy atom. The Morgan fingerprint density at radius 2 is 1.90 bits per heavy atom. The predicted molar refractivity (Wildman–Crippen MR) is 76.8 cm³/mol. The molecule has 1 aromatic heterocycles. The average molecular weight is 335 g/mol. The predicted octanol–water partition coefficient (Wildman–Crippen LogP) is 2.89. The zero-order valence-corrected chi connectivity index (χ0v) is 13.1. The molecular weight excluding hydrogens is 323 g/mol. The number of ether oxygens (including phenoxy) is 1. The highest BCUT2D eigenvalue weighted by atomic mass is 35.7. The zero-order chi connectivity index (χ0) is 14.9. The maximum atomic E-state index is 11.1. The summed E-state index contributed by atoms with van der Waals surface area (Å²) in [4.78, 5) is 0.0286. The van der Waals surface area contributed by atoms with E-state index in [1.165, 1.54) is 24.3 Å². The molecule has 20 heavy (non-hydrogen) atoms. The van der Waals surface area contributed by atoms with Crippen molar-refractivity contribution in [3.63, 3.8) is 0 Å². The highest BCUT2D eigenvalue weighted by molar-refractivity contribution is 8.13. The molecular formula is C12H12Cl2N2O3S. The molecule has 2 rings (SSSR count). The van der Waals surface area contributed by atoms with Crippen LogP contribution in [-0.2, 0) is 22.7 Å². The van der Waals surface area contributed by atoms with Crippen molar-refractivity contribution in [3.05, 3.63) is 40.7 Å². The van der Waals surface area contributed by atoms with Crippen LogP contribution in [0, 0.1) is 6.92 Å². The van der Waals surface area contributed by atoms with Gasteiger partial charge in [-0.1, -0.05) is 11.6 Å². The van der Waals surface area contributed by atoms with Crippen LogP contribution in [0.15, 0.2) is 29.2 Å². The number of halogens is 2. The molecule has 0 aliphatic rings. The van der Waals surface area contributed by atoms with Gasteiger partial charge in [-0.3, -0.25) is 4.68 Å². The lowest BCUT2D eigenvalue weighted by atomic mass is 10.3. The lowest BCUT2D eigenvalue weighted by Gasteiger charge is -2.07. The molecule has 0 amide bonds. The van der Waals surface area contributed by atoms with Crippen LogP contribution >= 0.6 is 22.3 Å². The van der Waals surface area contributed by atoms with Crippen LogP contribution in [0.5, 0.6) is 5.75 Å². The SMILES string of the molecule is Cc1nn(C)c(COc2ccc(S(=O)(=O)Cl)cc2)c1Cl. The quantitative estimate of drug-likeness (QED) is 0.806. The summed E-state index contributed by atoms with van der Waals surface area (Å²) in [7, 11) is 3.29. The van der Waals surface area contributed by atoms with Crippen LogP contribution in [0.2, 0.25) is 5.02 Å². The van der Waals surface area contributed by atoms with E-state index in [0.29, 0.717) is 10.8 Å². The van der Waals surface area contributed by atoms with Gasteiger partial charge in [0.2, 0.25) is 0 Å². The summed E-state index contributed by atoms with van der Waals surface area (Å²) < 4.78 is 29.4. The highest BCUT2D eigenvalue weighted by Crippen LogP contribution is 2.23. The van der Waals surface area contributed by atoms with Gasteiger partial charge in [-0.15, -0.1) is 0 Å². The summed E-state index contributed by atoms with van der Waals surface area (Å²) in [5.74, 6) is 0.518. The number of rotatable bonds is 4. The summed E-state index contributed by atoms with van der Waals surface area (Å²) in [6.07, 6.45) is 0. The molecule has 1 aromatic carbocycles. The fourth-order valence-electron chi connectivity index (χ4n) is 1.69. The summed E-state index contributed by atoms with van der Waals surface area (Å²) in [6, 6.07) is 5.83. The van der Waals surface area contributed by atoms with E-state index in [2.05, 4.69) is 5.10 Å². The summed E-state index contributed by atoms with van der Waals surface area (Å²) >= 11 is 6.11. The van der Waals surface area contributed by atoms with Gasteiger partial charge in [0.15, 0.2) is 0 Å². The maximum Gasteiger partial charge on any atom is 0.261 e. The van der Waals surface area contributed by atoms with Crippen LogP contribution in [0.1, 0.15) is 11.4 Å². The van der Waals surface area contributed by atoms with Gasteiger partial charge in [0, 0.05) is 17.7 Å². The van der Waals surface area contributed by atoms with Gasteiger partial charge in [-0.05, 0) is 31.2 Å². The van der Waals surface area contributed by atoms with E-state index in [0.717, 1.165) is 11.4 Å². The van der Waals surface area contributed by atoms with Crippen LogP contribution in [0.3, 0.4) is 0 Å². The average Bonchev–Trinajstić information content (AvgIpc) is 2.61. The minimum Gasteiger partial charge on any atom is -0.487 e. The molecule has 8 heteroatoms. The minimum absolute atomic E-state index is 0.0286. The Labute approximate surface area is 126 Å². The van der Waals surface area contributed by atoms with E-state index in [9.17, 15) is 8.42 Å². The van der Waals surface area contributed by atoms with Crippen LogP contribution < -0.4 is 4.74 Å². The first-order valence-corrected chi connectivity index (χ1v) is 8.33. The Hall–Kier alpha value is -1.24. The normalized spacial score (nSPS) is 11.6. The molecule has 0 radical (unpaired) electrons. The van der Waals surface area contributed by atoms with Gasteiger partial charge >= 0.3 is 0 Å². The third kappa shape index (κ3) is 3.26. The standard InChI is InChI=1S/C12H12Cl2N2O3S/c1-8-12(13)11(16(2)15-8)7-19-9-3-5-10(6-4-9)20(14,17)18/h3-6H,7H2,1-2H3. The molecule has 2 aromatic rings. The Bertz CT molecular complexity index is 724. The molecule has 1 heterocycles. The fraction of sp³-hybridized carbons (Fsp3) is 0.250.